The highest BCUT2D eigenvalue weighted by Gasteiger charge is 2.22. The van der Waals surface area contributed by atoms with Crippen LogP contribution in [0.2, 0.25) is 0 Å². The number of nitrogens with one attached hydrogen (secondary N) is 2. The molecule has 0 bridgehead atoms. The van der Waals surface area contributed by atoms with Crippen LogP contribution in [0.1, 0.15) is 40.9 Å². The first kappa shape index (κ1) is 19.5. The van der Waals surface area contributed by atoms with Gasteiger partial charge in [0.15, 0.2) is 0 Å². The molecular weight excluding hydrogens is 358 g/mol. The minimum Gasteiger partial charge on any atom is -0.494 e. The molecule has 2 aromatic carbocycles. The average Bonchev–Trinajstić information content (AvgIpc) is 3.03. The molecule has 0 aliphatic carbocycles. The average molecular weight is 383 g/mol. The lowest BCUT2D eigenvalue weighted by Gasteiger charge is -2.13. The third kappa shape index (κ3) is 4.73. The van der Waals surface area contributed by atoms with Crippen LogP contribution in [0.5, 0.6) is 11.5 Å². The van der Waals surface area contributed by atoms with Gasteiger partial charge in [0.2, 0.25) is 0 Å². The van der Waals surface area contributed by atoms with Gasteiger partial charge in [-0.3, -0.25) is 4.79 Å². The molecule has 1 aliphatic rings. The molecule has 0 saturated heterocycles. The molecule has 1 atom stereocenters. The van der Waals surface area contributed by atoms with E-state index in [2.05, 4.69) is 10.6 Å². The van der Waals surface area contributed by atoms with Gasteiger partial charge >= 0.3 is 6.03 Å². The molecule has 4 N–H and O–H groups in total. The van der Waals surface area contributed by atoms with Crippen LogP contribution in [0, 0.1) is 0 Å². The molecule has 0 aromatic heterocycles. The van der Waals surface area contributed by atoms with E-state index in [1.54, 1.807) is 24.3 Å². The molecule has 0 unspecified atom stereocenters. The van der Waals surface area contributed by atoms with Crippen LogP contribution in [0.4, 0.5) is 4.79 Å². The molecular formula is C21H25N3O4. The van der Waals surface area contributed by atoms with Crippen molar-refractivity contribution in [3.63, 3.8) is 0 Å². The van der Waals surface area contributed by atoms with Crippen molar-refractivity contribution in [1.82, 2.24) is 10.6 Å². The van der Waals surface area contributed by atoms with E-state index in [-0.39, 0.29) is 12.0 Å². The van der Waals surface area contributed by atoms with Crippen molar-refractivity contribution in [3.05, 3.63) is 58.7 Å². The van der Waals surface area contributed by atoms with E-state index in [0.717, 1.165) is 34.6 Å². The summed E-state index contributed by atoms with van der Waals surface area (Å²) in [6, 6.07) is 10.4. The number of carbonyl (C=O) groups is 2. The number of urea groups is 1. The summed E-state index contributed by atoms with van der Waals surface area (Å²) in [5, 5.41) is 5.43. The summed E-state index contributed by atoms with van der Waals surface area (Å²) in [4.78, 5) is 23.2. The zero-order valence-electron chi connectivity index (χ0n) is 16.1. The highest BCUT2D eigenvalue weighted by atomic mass is 16.5. The van der Waals surface area contributed by atoms with Gasteiger partial charge in [0.25, 0.3) is 5.91 Å². The second kappa shape index (κ2) is 8.65. The van der Waals surface area contributed by atoms with E-state index >= 15 is 0 Å². The largest absolute Gasteiger partial charge is 0.494 e. The summed E-state index contributed by atoms with van der Waals surface area (Å²) in [5.41, 5.74) is 8.46. The Morgan fingerprint density at radius 3 is 2.61 bits per heavy atom. The summed E-state index contributed by atoms with van der Waals surface area (Å²) >= 11 is 0. The minimum atomic E-state index is -0.584. The number of amides is 3. The Labute approximate surface area is 164 Å². The molecule has 0 radical (unpaired) electrons. The second-order valence-electron chi connectivity index (χ2n) is 6.73. The van der Waals surface area contributed by atoms with Gasteiger partial charge in [0, 0.05) is 36.2 Å². The van der Waals surface area contributed by atoms with Crippen LogP contribution >= 0.6 is 0 Å². The fraction of sp³-hybridized carbons (Fsp3) is 0.333. The third-order valence-electron chi connectivity index (χ3n) is 4.50. The number of benzene rings is 2. The smallest absolute Gasteiger partial charge is 0.312 e. The van der Waals surface area contributed by atoms with Crippen molar-refractivity contribution in [3.8, 4) is 11.5 Å². The predicted octanol–water partition coefficient (Wildman–Crippen LogP) is 2.51. The molecule has 0 saturated carbocycles. The molecule has 3 amide bonds. The molecule has 2 aromatic rings. The van der Waals surface area contributed by atoms with E-state index in [1.807, 2.05) is 26.0 Å². The van der Waals surface area contributed by atoms with Crippen molar-refractivity contribution in [2.75, 3.05) is 6.61 Å². The number of hydrogen-bond donors (Lipinski definition) is 3. The highest BCUT2D eigenvalue weighted by molar-refractivity contribution is 5.94. The molecule has 148 valence electrons. The van der Waals surface area contributed by atoms with Crippen molar-refractivity contribution < 1.29 is 19.1 Å². The summed E-state index contributed by atoms with van der Waals surface area (Å²) < 4.78 is 11.6. The van der Waals surface area contributed by atoms with E-state index < -0.39 is 6.03 Å². The molecule has 1 aliphatic heterocycles. The molecule has 0 spiro atoms. The maximum atomic E-state index is 12.5. The standard InChI is InChI=1S/C21H25N3O4/c1-3-27-18-9-16-8-13(2)28-19(16)10-17(18)12-23-20(25)15-6-4-14(5-7-15)11-24-21(22)26/h4-7,9-10,13H,3,8,11-12H2,1-2H3,(H,23,25)(H3,22,24,26)/t13-/m1/s1. The topological polar surface area (TPSA) is 103 Å². The quantitative estimate of drug-likeness (QED) is 0.683. The van der Waals surface area contributed by atoms with Crippen LogP contribution in [-0.2, 0) is 19.5 Å². The first-order valence-electron chi connectivity index (χ1n) is 9.32. The van der Waals surface area contributed by atoms with E-state index in [4.69, 9.17) is 15.2 Å². The summed E-state index contributed by atoms with van der Waals surface area (Å²) in [6.45, 7) is 5.18. The lowest BCUT2D eigenvalue weighted by molar-refractivity contribution is 0.0950. The van der Waals surface area contributed by atoms with Crippen molar-refractivity contribution in [2.24, 2.45) is 5.73 Å². The summed E-state index contributed by atoms with van der Waals surface area (Å²) in [6.07, 6.45) is 1.01. The number of ether oxygens (including phenoxy) is 2. The normalized spacial score (nSPS) is 14.7. The molecule has 7 heteroatoms. The number of carbonyl (C=O) groups excluding carboxylic acids is 2. The van der Waals surface area contributed by atoms with Crippen LogP contribution in [0.3, 0.4) is 0 Å². The Bertz CT molecular complexity index is 865. The Hall–Kier alpha value is -3.22. The third-order valence-corrected chi connectivity index (χ3v) is 4.50. The van der Waals surface area contributed by atoms with Crippen molar-refractivity contribution in [1.29, 1.82) is 0 Å². The van der Waals surface area contributed by atoms with Gasteiger partial charge < -0.3 is 25.8 Å². The molecule has 1 heterocycles. The Morgan fingerprint density at radius 1 is 1.18 bits per heavy atom. The van der Waals surface area contributed by atoms with Gasteiger partial charge in [-0.05, 0) is 43.7 Å². The predicted molar refractivity (Wildman–Crippen MR) is 105 cm³/mol. The maximum absolute atomic E-state index is 12.5. The molecule has 3 rings (SSSR count). The number of hydrogen-bond acceptors (Lipinski definition) is 4. The second-order valence-corrected chi connectivity index (χ2v) is 6.73. The first-order valence-corrected chi connectivity index (χ1v) is 9.32. The maximum Gasteiger partial charge on any atom is 0.312 e. The zero-order valence-corrected chi connectivity index (χ0v) is 16.1. The summed E-state index contributed by atoms with van der Waals surface area (Å²) in [5.74, 6) is 1.44. The number of fused-ring (bicyclic) bond motifs is 1. The van der Waals surface area contributed by atoms with Gasteiger partial charge in [-0.25, -0.2) is 4.79 Å². The number of rotatable bonds is 7. The highest BCUT2D eigenvalue weighted by Crippen LogP contribution is 2.35. The van der Waals surface area contributed by atoms with Gasteiger partial charge in [-0.15, -0.1) is 0 Å². The summed E-state index contributed by atoms with van der Waals surface area (Å²) in [7, 11) is 0. The Balaban J connectivity index is 1.65. The fourth-order valence-electron chi connectivity index (χ4n) is 3.15. The number of nitrogens with two attached hydrogens (primary N) is 1. The zero-order chi connectivity index (χ0) is 20.1. The first-order chi connectivity index (χ1) is 13.5. The van der Waals surface area contributed by atoms with E-state index in [0.29, 0.717) is 25.3 Å². The Morgan fingerprint density at radius 2 is 1.93 bits per heavy atom. The SMILES string of the molecule is CCOc1cc2c(cc1CNC(=O)c1ccc(CNC(N)=O)cc1)O[C@H](C)C2. The van der Waals surface area contributed by atoms with Crippen molar-refractivity contribution in [2.45, 2.75) is 39.5 Å². The minimum absolute atomic E-state index is 0.150. The van der Waals surface area contributed by atoms with Gasteiger partial charge in [0.1, 0.15) is 17.6 Å². The van der Waals surface area contributed by atoms with Crippen molar-refractivity contribution >= 4 is 11.9 Å². The molecule has 7 nitrogen and oxygen atoms in total. The lowest BCUT2D eigenvalue weighted by atomic mass is 10.1. The van der Waals surface area contributed by atoms with E-state index in [1.165, 1.54) is 0 Å². The lowest BCUT2D eigenvalue weighted by Crippen LogP contribution is -2.28. The van der Waals surface area contributed by atoms with Gasteiger partial charge in [0.05, 0.1) is 6.61 Å². The molecule has 28 heavy (non-hydrogen) atoms. The number of primary amides is 1. The van der Waals surface area contributed by atoms with Crippen LogP contribution < -0.4 is 25.8 Å². The van der Waals surface area contributed by atoms with E-state index in [9.17, 15) is 9.59 Å². The monoisotopic (exact) mass is 383 g/mol. The Kier molecular flexibility index (Phi) is 6.03. The van der Waals surface area contributed by atoms with Crippen LogP contribution in [0.25, 0.3) is 0 Å². The van der Waals surface area contributed by atoms with Crippen LogP contribution in [0.15, 0.2) is 36.4 Å². The fourth-order valence-corrected chi connectivity index (χ4v) is 3.15. The van der Waals surface area contributed by atoms with Gasteiger partial charge in [-0.1, -0.05) is 12.1 Å². The molecule has 0 fully saturated rings. The van der Waals surface area contributed by atoms with Gasteiger partial charge in [-0.2, -0.15) is 0 Å². The van der Waals surface area contributed by atoms with Crippen LogP contribution in [-0.4, -0.2) is 24.6 Å².